The van der Waals surface area contributed by atoms with Gasteiger partial charge in [0.25, 0.3) is 0 Å². The van der Waals surface area contributed by atoms with Crippen LogP contribution >= 0.6 is 11.8 Å². The van der Waals surface area contributed by atoms with E-state index in [9.17, 15) is 29.1 Å². The number of imidazole rings is 1. The summed E-state index contributed by atoms with van der Waals surface area (Å²) in [7, 11) is 0. The molecule has 15 heteroatoms. The number of amides is 3. The molecule has 226 valence electrons. The van der Waals surface area contributed by atoms with Gasteiger partial charge in [0.15, 0.2) is 0 Å². The Morgan fingerprint density at radius 3 is 2.24 bits per heavy atom. The van der Waals surface area contributed by atoms with Crippen LogP contribution in [0.1, 0.15) is 30.5 Å². The topological polar surface area (TPSA) is 232 Å². The second kappa shape index (κ2) is 15.6. The van der Waals surface area contributed by atoms with Crippen LogP contribution in [-0.4, -0.2) is 91.0 Å². The Balaban J connectivity index is 1.85. The first-order valence-electron chi connectivity index (χ1n) is 13.2. The number of benzene rings is 1. The van der Waals surface area contributed by atoms with Crippen molar-refractivity contribution >= 4 is 52.3 Å². The van der Waals surface area contributed by atoms with E-state index in [1.165, 1.54) is 24.3 Å². The molecule has 3 rings (SSSR count). The fourth-order valence-electron chi connectivity index (χ4n) is 4.28. The molecule has 9 N–H and O–H groups in total. The Hall–Kier alpha value is -4.37. The summed E-state index contributed by atoms with van der Waals surface area (Å²) in [6.07, 6.45) is 6.11. The van der Waals surface area contributed by atoms with Crippen LogP contribution in [0.5, 0.6) is 0 Å². The number of aromatic amines is 2. The van der Waals surface area contributed by atoms with Gasteiger partial charge in [0.1, 0.15) is 18.1 Å². The number of hydrogen-bond donors (Lipinski definition) is 8. The molecule has 0 aliphatic carbocycles. The van der Waals surface area contributed by atoms with Gasteiger partial charge in [-0.25, -0.2) is 9.78 Å². The predicted octanol–water partition coefficient (Wildman–Crippen LogP) is 0.160. The lowest BCUT2D eigenvalue weighted by atomic mass is 10.0. The number of aliphatic carboxylic acids is 2. The number of para-hydroxylation sites is 1. The third-order valence-corrected chi connectivity index (χ3v) is 7.22. The zero-order valence-electron chi connectivity index (χ0n) is 23.0. The number of thioether (sulfide) groups is 1. The third-order valence-electron chi connectivity index (χ3n) is 6.58. The van der Waals surface area contributed by atoms with Crippen LogP contribution in [0.3, 0.4) is 0 Å². The highest BCUT2D eigenvalue weighted by Crippen LogP contribution is 2.19. The summed E-state index contributed by atoms with van der Waals surface area (Å²) in [4.78, 5) is 72.4. The lowest BCUT2D eigenvalue weighted by Gasteiger charge is -2.25. The standard InChI is InChI=1S/C27H35N7O7S/c1-42-9-8-20(27(40)41)32-26(39)22(11-16-13-29-14-31-16)34-25(38)21(33-24(37)18(28)6-7-23(35)36)10-15-12-30-19-5-3-2-4-17(15)19/h2-5,12-14,18,20-22,30H,6-11,28H2,1H3,(H,29,31)(H,32,39)(H,33,37)(H,34,38)(H,35,36)(H,40,41). The number of carbonyl (C=O) groups excluding carboxylic acids is 3. The molecule has 0 fully saturated rings. The van der Waals surface area contributed by atoms with Gasteiger partial charge >= 0.3 is 11.9 Å². The minimum atomic E-state index is -1.21. The number of hydrogen-bond acceptors (Lipinski definition) is 8. The first kappa shape index (κ1) is 32.1. The average molecular weight is 602 g/mol. The maximum Gasteiger partial charge on any atom is 0.326 e. The molecule has 4 unspecified atom stereocenters. The van der Waals surface area contributed by atoms with Gasteiger partial charge in [-0.15, -0.1) is 0 Å². The third kappa shape index (κ3) is 9.34. The van der Waals surface area contributed by atoms with Gasteiger partial charge in [-0.3, -0.25) is 19.2 Å². The number of carbonyl (C=O) groups is 5. The van der Waals surface area contributed by atoms with Crippen molar-refractivity contribution in [1.82, 2.24) is 30.9 Å². The Bertz CT molecular complexity index is 1380. The molecule has 0 aliphatic rings. The van der Waals surface area contributed by atoms with Gasteiger partial charge in [0.2, 0.25) is 17.7 Å². The Morgan fingerprint density at radius 2 is 1.60 bits per heavy atom. The highest BCUT2D eigenvalue weighted by Gasteiger charge is 2.31. The smallest absolute Gasteiger partial charge is 0.326 e. The number of fused-ring (bicyclic) bond motifs is 1. The summed E-state index contributed by atoms with van der Waals surface area (Å²) in [5.74, 6) is -3.99. The summed E-state index contributed by atoms with van der Waals surface area (Å²) < 4.78 is 0. The fraction of sp³-hybridized carbons (Fsp3) is 0.407. The molecule has 0 radical (unpaired) electrons. The van der Waals surface area contributed by atoms with Crippen LogP contribution < -0.4 is 21.7 Å². The zero-order valence-corrected chi connectivity index (χ0v) is 23.8. The molecule has 0 aliphatic heterocycles. The number of rotatable bonds is 17. The van der Waals surface area contributed by atoms with Crippen molar-refractivity contribution in [3.8, 4) is 0 Å². The largest absolute Gasteiger partial charge is 0.481 e. The molecule has 2 heterocycles. The van der Waals surface area contributed by atoms with E-state index in [1.807, 2.05) is 30.5 Å². The summed E-state index contributed by atoms with van der Waals surface area (Å²) in [6, 6.07) is 2.62. The first-order valence-corrected chi connectivity index (χ1v) is 14.6. The normalized spacial score (nSPS) is 14.0. The molecule has 0 spiro atoms. The number of carboxylic acid groups (broad SMARTS) is 2. The predicted molar refractivity (Wildman–Crippen MR) is 156 cm³/mol. The molecule has 3 amide bonds. The van der Waals surface area contributed by atoms with E-state index in [0.717, 1.165) is 10.9 Å². The summed E-state index contributed by atoms with van der Waals surface area (Å²) in [5.41, 5.74) is 7.94. The maximum atomic E-state index is 13.7. The fourth-order valence-corrected chi connectivity index (χ4v) is 4.75. The number of nitrogens with zero attached hydrogens (tertiary/aromatic N) is 1. The second-order valence-electron chi connectivity index (χ2n) is 9.69. The highest BCUT2D eigenvalue weighted by molar-refractivity contribution is 7.98. The summed E-state index contributed by atoms with van der Waals surface area (Å²) in [5, 5.41) is 27.1. The van der Waals surface area contributed by atoms with Crippen molar-refractivity contribution in [2.45, 2.75) is 56.3 Å². The van der Waals surface area contributed by atoms with E-state index in [4.69, 9.17) is 10.8 Å². The van der Waals surface area contributed by atoms with Crippen molar-refractivity contribution < 1.29 is 34.2 Å². The van der Waals surface area contributed by atoms with Crippen molar-refractivity contribution in [2.75, 3.05) is 12.0 Å². The zero-order chi connectivity index (χ0) is 30.6. The second-order valence-corrected chi connectivity index (χ2v) is 10.7. The number of carboxylic acids is 2. The molecule has 0 bridgehead atoms. The quantitative estimate of drug-likeness (QED) is 0.104. The van der Waals surface area contributed by atoms with Crippen molar-refractivity contribution in [1.29, 1.82) is 0 Å². The van der Waals surface area contributed by atoms with Crippen LogP contribution in [-0.2, 0) is 36.8 Å². The van der Waals surface area contributed by atoms with Gasteiger partial charge < -0.3 is 41.9 Å². The van der Waals surface area contributed by atoms with Crippen molar-refractivity contribution in [3.05, 3.63) is 54.2 Å². The van der Waals surface area contributed by atoms with Crippen LogP contribution in [0.15, 0.2) is 43.0 Å². The van der Waals surface area contributed by atoms with Crippen LogP contribution in [0, 0.1) is 0 Å². The molecular formula is C27H35N7O7S. The van der Waals surface area contributed by atoms with Crippen LogP contribution in [0.25, 0.3) is 10.9 Å². The summed E-state index contributed by atoms with van der Waals surface area (Å²) >= 11 is 1.43. The molecule has 42 heavy (non-hydrogen) atoms. The van der Waals surface area contributed by atoms with Gasteiger partial charge in [-0.05, 0) is 36.5 Å². The molecule has 1 aromatic carbocycles. The van der Waals surface area contributed by atoms with Gasteiger partial charge in [-0.2, -0.15) is 11.8 Å². The Morgan fingerprint density at radius 1 is 0.929 bits per heavy atom. The van der Waals surface area contributed by atoms with E-state index in [0.29, 0.717) is 17.0 Å². The van der Waals surface area contributed by atoms with Gasteiger partial charge in [0.05, 0.1) is 12.4 Å². The molecule has 3 aromatic rings. The Labute approximate surface area is 245 Å². The van der Waals surface area contributed by atoms with Gasteiger partial charge in [-0.1, -0.05) is 18.2 Å². The molecule has 4 atom stereocenters. The molecule has 0 saturated heterocycles. The van der Waals surface area contributed by atoms with E-state index < -0.39 is 53.8 Å². The van der Waals surface area contributed by atoms with E-state index >= 15 is 0 Å². The summed E-state index contributed by atoms with van der Waals surface area (Å²) in [6.45, 7) is 0. The van der Waals surface area contributed by atoms with Crippen LogP contribution in [0.2, 0.25) is 0 Å². The number of nitrogens with two attached hydrogens (primary N) is 1. The lowest BCUT2D eigenvalue weighted by molar-refractivity contribution is -0.142. The maximum absolute atomic E-state index is 13.7. The number of nitrogens with one attached hydrogen (secondary N) is 5. The minimum absolute atomic E-state index is 0.0249. The van der Waals surface area contributed by atoms with E-state index in [-0.39, 0.29) is 32.1 Å². The molecule has 0 saturated carbocycles. The molecular weight excluding hydrogens is 566 g/mol. The molecule has 14 nitrogen and oxygen atoms in total. The van der Waals surface area contributed by atoms with Gasteiger partial charge in [0, 0.05) is 48.3 Å². The first-order chi connectivity index (χ1) is 20.1. The van der Waals surface area contributed by atoms with E-state index in [1.54, 1.807) is 6.20 Å². The number of H-pyrrole nitrogens is 2. The van der Waals surface area contributed by atoms with E-state index in [2.05, 4.69) is 30.9 Å². The highest BCUT2D eigenvalue weighted by atomic mass is 32.2. The average Bonchev–Trinajstić information content (AvgIpc) is 3.62. The van der Waals surface area contributed by atoms with Crippen molar-refractivity contribution in [3.63, 3.8) is 0 Å². The van der Waals surface area contributed by atoms with Crippen molar-refractivity contribution in [2.24, 2.45) is 5.73 Å². The number of aromatic nitrogens is 3. The minimum Gasteiger partial charge on any atom is -0.481 e. The lowest BCUT2D eigenvalue weighted by Crippen LogP contribution is -2.58. The molecule has 2 aromatic heterocycles. The SMILES string of the molecule is CSCCC(NC(=O)C(Cc1cnc[nH]1)NC(=O)C(Cc1c[nH]c2ccccc12)NC(=O)C(N)CCC(=O)O)C(=O)O. The van der Waals surface area contributed by atoms with Crippen LogP contribution in [0.4, 0.5) is 0 Å². The Kier molecular flexibility index (Phi) is 11.9. The monoisotopic (exact) mass is 601 g/mol.